The second-order valence-electron chi connectivity index (χ2n) is 8.22. The van der Waals surface area contributed by atoms with Crippen LogP contribution in [0.5, 0.6) is 5.75 Å². The van der Waals surface area contributed by atoms with E-state index in [1.807, 2.05) is 18.2 Å². The van der Waals surface area contributed by atoms with Gasteiger partial charge in [0.05, 0.1) is 29.4 Å². The molecule has 2 aliphatic heterocycles. The zero-order chi connectivity index (χ0) is 23.3. The summed E-state index contributed by atoms with van der Waals surface area (Å²) >= 11 is 1.60. The van der Waals surface area contributed by atoms with Crippen molar-refractivity contribution in [3.05, 3.63) is 48.0 Å². The number of carbonyl (C=O) groups excluding carboxylic acids is 1. The van der Waals surface area contributed by atoms with E-state index in [2.05, 4.69) is 5.32 Å². The quantitative estimate of drug-likeness (QED) is 0.553. The predicted octanol–water partition coefficient (Wildman–Crippen LogP) is 4.39. The fourth-order valence-electron chi connectivity index (χ4n) is 4.13. The minimum atomic E-state index is -3.63. The van der Waals surface area contributed by atoms with E-state index in [0.717, 1.165) is 49.4 Å². The van der Waals surface area contributed by atoms with Crippen molar-refractivity contribution in [1.82, 2.24) is 4.31 Å². The number of sulfonamides is 1. The van der Waals surface area contributed by atoms with E-state index in [9.17, 15) is 13.2 Å². The lowest BCUT2D eigenvalue weighted by atomic mass is 10.2. The second kappa shape index (κ2) is 10.9. The zero-order valence-corrected chi connectivity index (χ0v) is 20.4. The van der Waals surface area contributed by atoms with E-state index in [4.69, 9.17) is 9.47 Å². The molecule has 0 spiro atoms. The van der Waals surface area contributed by atoms with Crippen molar-refractivity contribution >= 4 is 33.4 Å². The summed E-state index contributed by atoms with van der Waals surface area (Å²) in [6, 6.07) is 12.0. The molecule has 178 valence electrons. The lowest BCUT2D eigenvalue weighted by Crippen LogP contribution is -2.35. The average Bonchev–Trinajstić information content (AvgIpc) is 3.37. The fraction of sp³-hybridized carbons (Fsp3) is 0.458. The number of hydrogen-bond donors (Lipinski definition) is 1. The van der Waals surface area contributed by atoms with Crippen molar-refractivity contribution in [3.8, 4) is 5.75 Å². The molecule has 7 nitrogen and oxygen atoms in total. The highest BCUT2D eigenvalue weighted by molar-refractivity contribution is 7.99. The van der Waals surface area contributed by atoms with E-state index in [1.54, 1.807) is 23.9 Å². The van der Waals surface area contributed by atoms with Crippen LogP contribution >= 0.6 is 11.8 Å². The maximum absolute atomic E-state index is 13.2. The highest BCUT2D eigenvalue weighted by atomic mass is 32.2. The van der Waals surface area contributed by atoms with E-state index in [1.165, 1.54) is 23.5 Å². The molecule has 0 aromatic heterocycles. The number of thioether (sulfide) groups is 1. The largest absolute Gasteiger partial charge is 0.495 e. The third kappa shape index (κ3) is 5.71. The molecule has 4 rings (SSSR count). The number of carbonyl (C=O) groups is 1. The van der Waals surface area contributed by atoms with Gasteiger partial charge in [-0.25, -0.2) is 8.42 Å². The Bertz CT molecular complexity index is 1080. The third-order valence-corrected chi connectivity index (χ3v) is 9.05. The van der Waals surface area contributed by atoms with Gasteiger partial charge >= 0.3 is 0 Å². The number of piperidine rings is 1. The van der Waals surface area contributed by atoms with Gasteiger partial charge in [-0.3, -0.25) is 4.79 Å². The van der Waals surface area contributed by atoms with Crippen LogP contribution in [0.1, 0.15) is 42.5 Å². The third-order valence-electron chi connectivity index (χ3n) is 5.95. The Morgan fingerprint density at radius 1 is 1.15 bits per heavy atom. The Morgan fingerprint density at radius 2 is 1.94 bits per heavy atom. The molecule has 2 fully saturated rings. The Hall–Kier alpha value is -2.07. The molecule has 2 heterocycles. The van der Waals surface area contributed by atoms with Gasteiger partial charge in [-0.2, -0.15) is 4.31 Å². The summed E-state index contributed by atoms with van der Waals surface area (Å²) in [4.78, 5) is 14.2. The monoisotopic (exact) mass is 490 g/mol. The van der Waals surface area contributed by atoms with Crippen LogP contribution in [0.3, 0.4) is 0 Å². The zero-order valence-electron chi connectivity index (χ0n) is 18.8. The minimum absolute atomic E-state index is 0.154. The van der Waals surface area contributed by atoms with Crippen LogP contribution in [0.2, 0.25) is 0 Å². The molecule has 9 heteroatoms. The first-order valence-electron chi connectivity index (χ1n) is 11.3. The number of rotatable bonds is 8. The van der Waals surface area contributed by atoms with Gasteiger partial charge < -0.3 is 14.8 Å². The van der Waals surface area contributed by atoms with E-state index in [0.29, 0.717) is 30.1 Å². The Kier molecular flexibility index (Phi) is 7.95. The lowest BCUT2D eigenvalue weighted by Gasteiger charge is -2.26. The molecule has 2 aliphatic rings. The minimum Gasteiger partial charge on any atom is -0.495 e. The summed E-state index contributed by atoms with van der Waals surface area (Å²) < 4.78 is 38.8. The van der Waals surface area contributed by atoms with Crippen LogP contribution in [-0.4, -0.2) is 57.3 Å². The van der Waals surface area contributed by atoms with Gasteiger partial charge in [-0.1, -0.05) is 18.6 Å². The van der Waals surface area contributed by atoms with Gasteiger partial charge in [-0.15, -0.1) is 11.8 Å². The number of nitrogens with zero attached hydrogens (tertiary/aromatic N) is 1. The van der Waals surface area contributed by atoms with Crippen molar-refractivity contribution in [2.45, 2.75) is 48.0 Å². The Morgan fingerprint density at radius 3 is 2.67 bits per heavy atom. The Balaban J connectivity index is 1.54. The summed E-state index contributed by atoms with van der Waals surface area (Å²) in [5, 5.41) is 2.87. The second-order valence-corrected chi connectivity index (χ2v) is 11.2. The standard InChI is InChI=1S/C24H30N2O5S2/c1-30-22-12-11-19(33(28,29)26-13-5-2-6-14-26)16-21(22)25-24(27)20-9-3-4-10-23(20)32-17-18-8-7-15-31-18/h3-4,9-12,16,18H,2,5-8,13-15,17H2,1H3,(H,25,27)/t18-/m1/s1. The van der Waals surface area contributed by atoms with Gasteiger partial charge in [0.2, 0.25) is 10.0 Å². The summed E-state index contributed by atoms with van der Waals surface area (Å²) in [6.07, 6.45) is 5.09. The molecule has 0 unspecified atom stereocenters. The number of ether oxygens (including phenoxy) is 2. The maximum atomic E-state index is 13.2. The van der Waals surface area contributed by atoms with E-state index in [-0.39, 0.29) is 16.9 Å². The van der Waals surface area contributed by atoms with Gasteiger partial charge in [0.1, 0.15) is 5.75 Å². The molecule has 0 saturated carbocycles. The predicted molar refractivity (Wildman–Crippen MR) is 130 cm³/mol. The molecule has 1 amide bonds. The molecule has 2 saturated heterocycles. The van der Waals surface area contributed by atoms with Gasteiger partial charge in [0.25, 0.3) is 5.91 Å². The molecule has 0 radical (unpaired) electrons. The molecule has 1 N–H and O–H groups in total. The number of benzene rings is 2. The fourth-order valence-corrected chi connectivity index (χ4v) is 6.79. The van der Waals surface area contributed by atoms with E-state index >= 15 is 0 Å². The highest BCUT2D eigenvalue weighted by Crippen LogP contribution is 2.32. The van der Waals surface area contributed by atoms with Crippen molar-refractivity contribution < 1.29 is 22.7 Å². The first kappa shape index (κ1) is 24.1. The summed E-state index contributed by atoms with van der Waals surface area (Å²) in [7, 11) is -2.13. The van der Waals surface area contributed by atoms with Crippen molar-refractivity contribution in [3.63, 3.8) is 0 Å². The molecule has 2 aromatic carbocycles. The maximum Gasteiger partial charge on any atom is 0.256 e. The summed E-state index contributed by atoms with van der Waals surface area (Å²) in [6.45, 7) is 1.83. The molecular formula is C24H30N2O5S2. The topological polar surface area (TPSA) is 84.9 Å². The first-order chi connectivity index (χ1) is 16.0. The molecule has 1 atom stereocenters. The van der Waals surface area contributed by atoms with Gasteiger partial charge in [0, 0.05) is 30.3 Å². The van der Waals surface area contributed by atoms with Gasteiger partial charge in [0.15, 0.2) is 0 Å². The van der Waals surface area contributed by atoms with Crippen LogP contribution in [0, 0.1) is 0 Å². The van der Waals surface area contributed by atoms with Crippen molar-refractivity contribution in [2.75, 3.05) is 37.9 Å². The van der Waals surface area contributed by atoms with Crippen LogP contribution < -0.4 is 10.1 Å². The average molecular weight is 491 g/mol. The molecule has 0 aliphatic carbocycles. The molecule has 33 heavy (non-hydrogen) atoms. The van der Waals surface area contributed by atoms with Crippen LogP contribution in [0.4, 0.5) is 5.69 Å². The number of amides is 1. The normalized spacial score (nSPS) is 19.4. The van der Waals surface area contributed by atoms with E-state index < -0.39 is 10.0 Å². The molecule has 2 aromatic rings. The SMILES string of the molecule is COc1ccc(S(=O)(=O)N2CCCCC2)cc1NC(=O)c1ccccc1SC[C@H]1CCCO1. The highest BCUT2D eigenvalue weighted by Gasteiger charge is 2.27. The smallest absolute Gasteiger partial charge is 0.256 e. The van der Waals surface area contributed by atoms with Crippen molar-refractivity contribution in [2.24, 2.45) is 0 Å². The number of anilines is 1. The number of hydrogen-bond acceptors (Lipinski definition) is 6. The summed E-state index contributed by atoms with van der Waals surface area (Å²) in [5.41, 5.74) is 0.867. The first-order valence-corrected chi connectivity index (χ1v) is 13.7. The Labute approximate surface area is 199 Å². The molecular weight excluding hydrogens is 460 g/mol. The van der Waals surface area contributed by atoms with Crippen LogP contribution in [-0.2, 0) is 14.8 Å². The molecule has 0 bridgehead atoms. The van der Waals surface area contributed by atoms with Crippen molar-refractivity contribution in [1.29, 1.82) is 0 Å². The number of nitrogens with one attached hydrogen (secondary N) is 1. The summed E-state index contributed by atoms with van der Waals surface area (Å²) in [5.74, 6) is 0.888. The van der Waals surface area contributed by atoms with Crippen LogP contribution in [0.15, 0.2) is 52.3 Å². The van der Waals surface area contributed by atoms with Gasteiger partial charge in [-0.05, 0) is 56.0 Å². The lowest BCUT2D eigenvalue weighted by molar-refractivity contribution is 0.102. The van der Waals surface area contributed by atoms with Crippen LogP contribution in [0.25, 0.3) is 0 Å². The number of methoxy groups -OCH3 is 1.